The lowest BCUT2D eigenvalue weighted by molar-refractivity contribution is -0.140. The van der Waals surface area contributed by atoms with Crippen molar-refractivity contribution in [1.82, 2.24) is 4.98 Å². The Morgan fingerprint density at radius 2 is 1.92 bits per heavy atom. The second kappa shape index (κ2) is 3.14. The van der Waals surface area contributed by atoms with Gasteiger partial charge in [0.1, 0.15) is 10.7 Å². The molecule has 6 heteroatoms. The summed E-state index contributed by atoms with van der Waals surface area (Å²) in [7, 11) is 0. The summed E-state index contributed by atoms with van der Waals surface area (Å²) in [5.74, 6) is -1.59. The zero-order valence-corrected chi connectivity index (χ0v) is 7.17. The van der Waals surface area contributed by atoms with Gasteiger partial charge < -0.3 is 0 Å². The molecule has 0 aliphatic rings. The maximum atomic E-state index is 12.7. The second-order valence-electron chi connectivity index (χ2n) is 2.43. The van der Waals surface area contributed by atoms with Crippen molar-refractivity contribution in [1.29, 1.82) is 0 Å². The average molecular weight is 214 g/mol. The molecule has 1 heterocycles. The summed E-state index contributed by atoms with van der Waals surface area (Å²) >= 11 is 5.25. The van der Waals surface area contributed by atoms with E-state index in [0.717, 1.165) is 13.0 Å². The molecule has 0 fully saturated rings. The first-order chi connectivity index (χ1) is 5.82. The normalized spacial score (nSPS) is 11.8. The van der Waals surface area contributed by atoms with Crippen LogP contribution in [0.4, 0.5) is 17.6 Å². The van der Waals surface area contributed by atoms with Crippen molar-refractivity contribution >= 4 is 11.6 Å². The number of pyridine rings is 1. The Kier molecular flexibility index (Phi) is 2.47. The highest BCUT2D eigenvalue weighted by molar-refractivity contribution is 6.29. The number of hydrogen-bond donors (Lipinski definition) is 0. The lowest BCUT2D eigenvalue weighted by Crippen LogP contribution is -2.12. The van der Waals surface area contributed by atoms with Crippen molar-refractivity contribution < 1.29 is 17.6 Å². The van der Waals surface area contributed by atoms with E-state index in [1.807, 2.05) is 0 Å². The summed E-state index contributed by atoms with van der Waals surface area (Å²) in [6.45, 7) is 1.12. The third kappa shape index (κ3) is 2.09. The van der Waals surface area contributed by atoms with Crippen molar-refractivity contribution in [2.75, 3.05) is 0 Å². The van der Waals surface area contributed by atoms with Gasteiger partial charge in [0.2, 0.25) is 5.95 Å². The number of nitrogens with zero attached hydrogens (tertiary/aromatic N) is 1. The molecule has 1 rings (SSSR count). The van der Waals surface area contributed by atoms with E-state index in [9.17, 15) is 17.6 Å². The predicted octanol–water partition coefficient (Wildman–Crippen LogP) is 3.20. The fourth-order valence-electron chi connectivity index (χ4n) is 0.936. The lowest BCUT2D eigenvalue weighted by atomic mass is 10.1. The van der Waals surface area contributed by atoms with Crippen molar-refractivity contribution in [3.05, 3.63) is 28.3 Å². The van der Waals surface area contributed by atoms with Crippen LogP contribution < -0.4 is 0 Å². The van der Waals surface area contributed by atoms with Gasteiger partial charge in [0.15, 0.2) is 0 Å². The van der Waals surface area contributed by atoms with E-state index in [1.165, 1.54) is 0 Å². The van der Waals surface area contributed by atoms with Gasteiger partial charge in [-0.25, -0.2) is 4.98 Å². The smallest absolute Gasteiger partial charge is 0.207 e. The molecule has 1 aromatic heterocycles. The number of aryl methyl sites for hydroxylation is 1. The first kappa shape index (κ1) is 10.2. The van der Waals surface area contributed by atoms with Gasteiger partial charge in [-0.15, -0.1) is 0 Å². The van der Waals surface area contributed by atoms with Crippen LogP contribution in [0.25, 0.3) is 0 Å². The van der Waals surface area contributed by atoms with Crippen molar-refractivity contribution in [3.63, 3.8) is 0 Å². The second-order valence-corrected chi connectivity index (χ2v) is 2.81. The van der Waals surface area contributed by atoms with Gasteiger partial charge in [0.05, 0.1) is 0 Å². The molecule has 0 aliphatic heterocycles. The maximum absolute atomic E-state index is 12.7. The molecule has 0 aliphatic carbocycles. The third-order valence-corrected chi connectivity index (χ3v) is 1.62. The standard InChI is InChI=1S/C7H4ClF4N/c1-3-2-4(8)13-6(9)5(3)7(10,11)12/h2H,1H3. The van der Waals surface area contributed by atoms with E-state index in [1.54, 1.807) is 0 Å². The fourth-order valence-corrected chi connectivity index (χ4v) is 1.17. The quantitative estimate of drug-likeness (QED) is 0.476. The van der Waals surface area contributed by atoms with E-state index < -0.39 is 17.7 Å². The first-order valence-electron chi connectivity index (χ1n) is 3.22. The zero-order valence-electron chi connectivity index (χ0n) is 6.41. The van der Waals surface area contributed by atoms with Crippen LogP contribution in [-0.2, 0) is 6.18 Å². The number of alkyl halides is 3. The molecule has 1 aromatic rings. The topological polar surface area (TPSA) is 12.9 Å². The van der Waals surface area contributed by atoms with Gasteiger partial charge in [-0.2, -0.15) is 17.6 Å². The Labute approximate surface area is 76.3 Å². The monoisotopic (exact) mass is 213 g/mol. The molecule has 0 N–H and O–H groups in total. The van der Waals surface area contributed by atoms with Crippen LogP contribution in [0.3, 0.4) is 0 Å². The zero-order chi connectivity index (χ0) is 10.2. The molecule has 0 saturated carbocycles. The molecule has 0 bridgehead atoms. The lowest BCUT2D eigenvalue weighted by Gasteiger charge is -2.10. The van der Waals surface area contributed by atoms with Crippen LogP contribution in [-0.4, -0.2) is 4.98 Å². The van der Waals surface area contributed by atoms with Crippen LogP contribution in [0.2, 0.25) is 5.15 Å². The van der Waals surface area contributed by atoms with Gasteiger partial charge in [-0.3, -0.25) is 0 Å². The molecule has 0 atom stereocenters. The Balaban J connectivity index is 3.38. The molecule has 0 aromatic carbocycles. The highest BCUT2D eigenvalue weighted by Crippen LogP contribution is 2.33. The van der Waals surface area contributed by atoms with Crippen LogP contribution >= 0.6 is 11.6 Å². The Hall–Kier alpha value is -0.840. The van der Waals surface area contributed by atoms with Gasteiger partial charge in [0, 0.05) is 0 Å². The molecule has 0 saturated heterocycles. The van der Waals surface area contributed by atoms with E-state index in [-0.39, 0.29) is 10.7 Å². The van der Waals surface area contributed by atoms with E-state index in [2.05, 4.69) is 4.98 Å². The number of halogens is 5. The number of aromatic nitrogens is 1. The van der Waals surface area contributed by atoms with Gasteiger partial charge in [-0.1, -0.05) is 11.6 Å². The molecule has 0 radical (unpaired) electrons. The minimum atomic E-state index is -4.73. The fraction of sp³-hybridized carbons (Fsp3) is 0.286. The average Bonchev–Trinajstić information content (AvgIpc) is 1.78. The third-order valence-electron chi connectivity index (χ3n) is 1.42. The minimum absolute atomic E-state index is 0.273. The summed E-state index contributed by atoms with van der Waals surface area (Å²) in [5.41, 5.74) is -1.64. The van der Waals surface area contributed by atoms with Crippen molar-refractivity contribution in [2.24, 2.45) is 0 Å². The molecule has 0 amide bonds. The Bertz CT molecular complexity index is 311. The molecule has 72 valence electrons. The SMILES string of the molecule is Cc1cc(Cl)nc(F)c1C(F)(F)F. The Morgan fingerprint density at radius 3 is 2.31 bits per heavy atom. The number of hydrogen-bond acceptors (Lipinski definition) is 1. The van der Waals surface area contributed by atoms with Gasteiger partial charge >= 0.3 is 6.18 Å². The summed E-state index contributed by atoms with van der Waals surface area (Å²) < 4.78 is 49.0. The van der Waals surface area contributed by atoms with Crippen LogP contribution in [0.15, 0.2) is 6.07 Å². The molecular formula is C7H4ClF4N. The van der Waals surface area contributed by atoms with Gasteiger partial charge in [0.25, 0.3) is 0 Å². The van der Waals surface area contributed by atoms with Crippen LogP contribution in [0, 0.1) is 12.9 Å². The molecule has 13 heavy (non-hydrogen) atoms. The van der Waals surface area contributed by atoms with Crippen molar-refractivity contribution in [2.45, 2.75) is 13.1 Å². The van der Waals surface area contributed by atoms with Crippen molar-refractivity contribution in [3.8, 4) is 0 Å². The number of rotatable bonds is 0. The van der Waals surface area contributed by atoms with E-state index in [0.29, 0.717) is 0 Å². The Morgan fingerprint density at radius 1 is 1.38 bits per heavy atom. The molecular weight excluding hydrogens is 210 g/mol. The molecule has 1 nitrogen and oxygen atoms in total. The largest absolute Gasteiger partial charge is 0.421 e. The molecule has 0 unspecified atom stereocenters. The predicted molar refractivity (Wildman–Crippen MR) is 38.9 cm³/mol. The van der Waals surface area contributed by atoms with E-state index in [4.69, 9.17) is 11.6 Å². The van der Waals surface area contributed by atoms with Crippen LogP contribution in [0.5, 0.6) is 0 Å². The summed E-state index contributed by atoms with van der Waals surface area (Å²) in [6, 6.07) is 0.966. The summed E-state index contributed by atoms with van der Waals surface area (Å²) in [4.78, 5) is 2.88. The summed E-state index contributed by atoms with van der Waals surface area (Å²) in [6.07, 6.45) is -4.73. The highest BCUT2D eigenvalue weighted by Gasteiger charge is 2.36. The first-order valence-corrected chi connectivity index (χ1v) is 3.60. The summed E-state index contributed by atoms with van der Waals surface area (Å²) in [5, 5.41) is -0.289. The minimum Gasteiger partial charge on any atom is -0.207 e. The van der Waals surface area contributed by atoms with Crippen LogP contribution in [0.1, 0.15) is 11.1 Å². The van der Waals surface area contributed by atoms with Gasteiger partial charge in [-0.05, 0) is 18.6 Å². The highest BCUT2D eigenvalue weighted by atomic mass is 35.5. The maximum Gasteiger partial charge on any atom is 0.421 e. The molecule has 0 spiro atoms. The van der Waals surface area contributed by atoms with E-state index >= 15 is 0 Å².